The van der Waals surface area contributed by atoms with E-state index in [1.54, 1.807) is 25.3 Å². The lowest BCUT2D eigenvalue weighted by Gasteiger charge is -2.13. The normalized spacial score (nSPS) is 10.9. The first-order chi connectivity index (χ1) is 14.2. The van der Waals surface area contributed by atoms with Gasteiger partial charge in [-0.25, -0.2) is 0 Å². The lowest BCUT2D eigenvalue weighted by atomic mass is 10.1. The second-order valence-electron chi connectivity index (χ2n) is 7.45. The van der Waals surface area contributed by atoms with Crippen LogP contribution in [0, 0.1) is 20.8 Å². The number of anilines is 1. The van der Waals surface area contributed by atoms with E-state index in [2.05, 4.69) is 10.6 Å². The van der Waals surface area contributed by atoms with Gasteiger partial charge in [-0.3, -0.25) is 9.59 Å². The van der Waals surface area contributed by atoms with Crippen molar-refractivity contribution in [3.05, 3.63) is 58.7 Å². The molecule has 0 aliphatic carbocycles. The highest BCUT2D eigenvalue weighted by Crippen LogP contribution is 2.29. The van der Waals surface area contributed by atoms with Crippen molar-refractivity contribution < 1.29 is 19.1 Å². The Hall–Kier alpha value is -3.28. The van der Waals surface area contributed by atoms with E-state index < -0.39 is 0 Å². The molecule has 0 saturated heterocycles. The van der Waals surface area contributed by atoms with Crippen molar-refractivity contribution in [3.8, 4) is 11.5 Å². The lowest BCUT2D eigenvalue weighted by Crippen LogP contribution is -2.32. The summed E-state index contributed by atoms with van der Waals surface area (Å²) in [6, 6.07) is 9.44. The first kappa shape index (κ1) is 23.0. The first-order valence-electron chi connectivity index (χ1n) is 9.88. The highest BCUT2D eigenvalue weighted by molar-refractivity contribution is 5.98. The summed E-state index contributed by atoms with van der Waals surface area (Å²) in [5.41, 5.74) is 4.69. The average Bonchev–Trinajstić information content (AvgIpc) is 2.67. The monoisotopic (exact) mass is 410 g/mol. The van der Waals surface area contributed by atoms with Crippen molar-refractivity contribution in [2.45, 2.75) is 40.7 Å². The number of hydrogen-bond acceptors (Lipinski definition) is 4. The van der Waals surface area contributed by atoms with Crippen molar-refractivity contribution in [3.63, 3.8) is 0 Å². The number of methoxy groups -OCH3 is 1. The molecule has 6 heteroatoms. The van der Waals surface area contributed by atoms with Crippen LogP contribution in [0.2, 0.25) is 0 Å². The molecule has 0 aliphatic rings. The predicted octanol–water partition coefficient (Wildman–Crippen LogP) is 4.18. The van der Waals surface area contributed by atoms with Crippen LogP contribution in [0.3, 0.4) is 0 Å². The van der Waals surface area contributed by atoms with Crippen LogP contribution in [0.25, 0.3) is 6.08 Å². The molecule has 0 aromatic heterocycles. The number of rotatable bonds is 8. The summed E-state index contributed by atoms with van der Waals surface area (Å²) in [5, 5.41) is 5.46. The van der Waals surface area contributed by atoms with Crippen molar-refractivity contribution >= 4 is 23.6 Å². The molecule has 2 rings (SSSR count). The van der Waals surface area contributed by atoms with E-state index in [0.29, 0.717) is 11.5 Å². The zero-order valence-corrected chi connectivity index (χ0v) is 18.5. The summed E-state index contributed by atoms with van der Waals surface area (Å²) in [6.45, 7) is 9.68. The van der Waals surface area contributed by atoms with E-state index in [1.165, 1.54) is 6.08 Å². The maximum absolute atomic E-state index is 12.2. The number of carbonyl (C=O) groups excluding carboxylic acids is 2. The largest absolute Gasteiger partial charge is 0.493 e. The molecule has 0 radical (unpaired) electrons. The minimum absolute atomic E-state index is 0.0321. The molecule has 2 aromatic carbocycles. The van der Waals surface area contributed by atoms with E-state index in [4.69, 9.17) is 9.47 Å². The van der Waals surface area contributed by atoms with E-state index in [0.717, 1.165) is 27.9 Å². The van der Waals surface area contributed by atoms with Gasteiger partial charge in [0, 0.05) is 11.8 Å². The van der Waals surface area contributed by atoms with Gasteiger partial charge in [0.2, 0.25) is 11.8 Å². The van der Waals surface area contributed by atoms with Gasteiger partial charge in [-0.15, -0.1) is 0 Å². The number of benzene rings is 2. The summed E-state index contributed by atoms with van der Waals surface area (Å²) < 4.78 is 11.0. The van der Waals surface area contributed by atoms with Gasteiger partial charge in [0.25, 0.3) is 0 Å². The summed E-state index contributed by atoms with van der Waals surface area (Å²) in [4.78, 5) is 24.3. The highest BCUT2D eigenvalue weighted by atomic mass is 16.5. The maximum atomic E-state index is 12.2. The minimum Gasteiger partial charge on any atom is -0.493 e. The topological polar surface area (TPSA) is 76.7 Å². The Morgan fingerprint density at radius 3 is 2.30 bits per heavy atom. The number of ether oxygens (including phenoxy) is 2. The molecule has 0 unspecified atom stereocenters. The Bertz CT molecular complexity index is 925. The van der Waals surface area contributed by atoms with Gasteiger partial charge in [0.05, 0.1) is 19.8 Å². The van der Waals surface area contributed by atoms with Crippen LogP contribution in [0.15, 0.2) is 36.4 Å². The number of amides is 2. The summed E-state index contributed by atoms with van der Waals surface area (Å²) in [5.74, 6) is 0.606. The molecule has 2 aromatic rings. The third-order valence-corrected chi connectivity index (χ3v) is 4.34. The third-order valence-electron chi connectivity index (χ3n) is 4.34. The zero-order valence-electron chi connectivity index (χ0n) is 18.5. The molecular formula is C24H30N2O4. The maximum Gasteiger partial charge on any atom is 0.244 e. The second-order valence-corrected chi connectivity index (χ2v) is 7.45. The predicted molar refractivity (Wildman–Crippen MR) is 120 cm³/mol. The average molecular weight is 411 g/mol. The molecule has 0 heterocycles. The fourth-order valence-corrected chi connectivity index (χ4v) is 3.10. The highest BCUT2D eigenvalue weighted by Gasteiger charge is 2.10. The van der Waals surface area contributed by atoms with Crippen LogP contribution in [0.5, 0.6) is 11.5 Å². The summed E-state index contributed by atoms with van der Waals surface area (Å²) >= 11 is 0. The van der Waals surface area contributed by atoms with Crippen LogP contribution in [-0.4, -0.2) is 31.6 Å². The van der Waals surface area contributed by atoms with Crippen molar-refractivity contribution in [2.24, 2.45) is 0 Å². The Kier molecular flexibility index (Phi) is 8.04. The SMILES string of the molecule is COc1cc(C=CC(=O)NCC(=O)Nc2c(C)cc(C)cc2C)ccc1OC(C)C. The number of hydrogen-bond donors (Lipinski definition) is 2. The molecule has 0 spiro atoms. The van der Waals surface area contributed by atoms with Crippen molar-refractivity contribution in [1.29, 1.82) is 0 Å². The standard InChI is InChI=1S/C24H30N2O4/c1-15(2)30-20-9-7-19(13-21(20)29-6)8-10-22(27)25-14-23(28)26-24-17(4)11-16(3)12-18(24)5/h7-13,15H,14H2,1-6H3,(H,25,27)(H,26,28). The van der Waals surface area contributed by atoms with Crippen molar-refractivity contribution in [2.75, 3.05) is 19.0 Å². The van der Waals surface area contributed by atoms with Gasteiger partial charge in [0.15, 0.2) is 11.5 Å². The van der Waals surface area contributed by atoms with Gasteiger partial charge in [-0.1, -0.05) is 23.8 Å². The van der Waals surface area contributed by atoms with Gasteiger partial charge in [-0.05, 0) is 69.5 Å². The van der Waals surface area contributed by atoms with Crippen LogP contribution < -0.4 is 20.1 Å². The number of nitrogens with one attached hydrogen (secondary N) is 2. The van der Waals surface area contributed by atoms with Crippen molar-refractivity contribution in [1.82, 2.24) is 5.32 Å². The van der Waals surface area contributed by atoms with Gasteiger partial charge in [0.1, 0.15) is 0 Å². The van der Waals surface area contributed by atoms with Gasteiger partial charge in [-0.2, -0.15) is 0 Å². The fraction of sp³-hybridized carbons (Fsp3) is 0.333. The third kappa shape index (κ3) is 6.65. The zero-order chi connectivity index (χ0) is 22.3. The Labute approximate surface area is 178 Å². The molecule has 0 bridgehead atoms. The van der Waals surface area contributed by atoms with Crippen LogP contribution in [-0.2, 0) is 9.59 Å². The Morgan fingerprint density at radius 2 is 1.70 bits per heavy atom. The van der Waals surface area contributed by atoms with Gasteiger partial charge < -0.3 is 20.1 Å². The van der Waals surface area contributed by atoms with Crippen LogP contribution in [0.1, 0.15) is 36.1 Å². The Balaban J connectivity index is 1.93. The molecule has 0 aliphatic heterocycles. The summed E-state index contributed by atoms with van der Waals surface area (Å²) in [7, 11) is 1.57. The minimum atomic E-state index is -0.357. The van der Waals surface area contributed by atoms with E-state index in [9.17, 15) is 9.59 Å². The van der Waals surface area contributed by atoms with E-state index in [-0.39, 0.29) is 24.5 Å². The van der Waals surface area contributed by atoms with Crippen LogP contribution in [0.4, 0.5) is 5.69 Å². The van der Waals surface area contributed by atoms with E-state index >= 15 is 0 Å². The smallest absolute Gasteiger partial charge is 0.244 e. The quantitative estimate of drug-likeness (QED) is 0.640. The van der Waals surface area contributed by atoms with Crippen LogP contribution >= 0.6 is 0 Å². The molecule has 2 N–H and O–H groups in total. The first-order valence-corrected chi connectivity index (χ1v) is 9.88. The molecule has 6 nitrogen and oxygen atoms in total. The molecule has 0 fully saturated rings. The van der Waals surface area contributed by atoms with Gasteiger partial charge >= 0.3 is 0 Å². The molecule has 2 amide bonds. The second kappa shape index (κ2) is 10.5. The Morgan fingerprint density at radius 1 is 1.03 bits per heavy atom. The number of carbonyl (C=O) groups is 2. The lowest BCUT2D eigenvalue weighted by molar-refractivity contribution is -0.121. The molecule has 160 valence electrons. The fourth-order valence-electron chi connectivity index (χ4n) is 3.10. The molecule has 0 atom stereocenters. The molecule has 30 heavy (non-hydrogen) atoms. The van der Waals surface area contributed by atoms with E-state index in [1.807, 2.05) is 52.8 Å². The molecule has 0 saturated carbocycles. The molecular weight excluding hydrogens is 380 g/mol. The summed E-state index contributed by atoms with van der Waals surface area (Å²) in [6.07, 6.45) is 3.07. The number of aryl methyl sites for hydroxylation is 3.